The number of aromatic nitrogens is 4. The van der Waals surface area contributed by atoms with Crippen molar-refractivity contribution in [3.63, 3.8) is 0 Å². The number of nitrogens with one attached hydrogen (secondary N) is 1. The van der Waals surface area contributed by atoms with Gasteiger partial charge in [-0.3, -0.25) is 4.57 Å². The van der Waals surface area contributed by atoms with Crippen LogP contribution in [0.4, 0.5) is 17.5 Å². The molecule has 1 aromatic carbocycles. The second kappa shape index (κ2) is 6.74. The third kappa shape index (κ3) is 2.98. The Balaban J connectivity index is 1.84. The summed E-state index contributed by atoms with van der Waals surface area (Å²) in [4.78, 5) is 12.6. The molecule has 2 aromatic heterocycles. The first-order valence-corrected chi connectivity index (χ1v) is 8.44. The van der Waals surface area contributed by atoms with Crippen LogP contribution in [0, 0.1) is 6.92 Å². The lowest BCUT2D eigenvalue weighted by Crippen LogP contribution is -2.33. The minimum absolute atomic E-state index is 0.179. The van der Waals surface area contributed by atoms with Gasteiger partial charge in [-0.25, -0.2) is 15.0 Å². The van der Waals surface area contributed by atoms with E-state index in [-0.39, 0.29) is 5.82 Å². The number of nitrogens with zero attached hydrogens (tertiary/aromatic N) is 4. The molecule has 6 N–H and O–H groups in total. The second-order valence-corrected chi connectivity index (χ2v) is 6.46. The van der Waals surface area contributed by atoms with Crippen molar-refractivity contribution in [1.82, 2.24) is 19.5 Å². The van der Waals surface area contributed by atoms with Gasteiger partial charge in [0.25, 0.3) is 0 Å². The number of imidazole rings is 1. The summed E-state index contributed by atoms with van der Waals surface area (Å²) in [6.07, 6.45) is -3.18. The Morgan fingerprint density at radius 1 is 1.26 bits per heavy atom. The fourth-order valence-electron chi connectivity index (χ4n) is 3.20. The van der Waals surface area contributed by atoms with Crippen LogP contribution in [0.2, 0.25) is 0 Å². The normalized spacial score (nSPS) is 25.2. The lowest BCUT2D eigenvalue weighted by molar-refractivity contribution is -0.0501. The van der Waals surface area contributed by atoms with Gasteiger partial charge in [-0.1, -0.05) is 12.1 Å². The van der Waals surface area contributed by atoms with Gasteiger partial charge in [0.1, 0.15) is 24.6 Å². The minimum Gasteiger partial charge on any atom is -0.394 e. The lowest BCUT2D eigenvalue weighted by atomic mass is 10.1. The summed E-state index contributed by atoms with van der Waals surface area (Å²) in [6.45, 7) is 1.53. The van der Waals surface area contributed by atoms with Gasteiger partial charge < -0.3 is 31.1 Å². The SMILES string of the molecule is Cc1cccc(Nc2nc3c(N)ncnc3n2[C@@H]2O[C@H](CO)[C@@H](O)[C@H]2O)c1. The van der Waals surface area contributed by atoms with E-state index < -0.39 is 31.1 Å². The van der Waals surface area contributed by atoms with E-state index >= 15 is 0 Å². The molecule has 0 radical (unpaired) electrons. The molecule has 1 aliphatic rings. The van der Waals surface area contributed by atoms with Crippen LogP contribution in [0.5, 0.6) is 0 Å². The Kier molecular flexibility index (Phi) is 4.40. The van der Waals surface area contributed by atoms with Crippen molar-refractivity contribution in [1.29, 1.82) is 0 Å². The Hall–Kier alpha value is -2.79. The van der Waals surface area contributed by atoms with E-state index in [0.717, 1.165) is 11.3 Å². The number of nitrogen functional groups attached to an aromatic ring is 1. The van der Waals surface area contributed by atoms with Crippen LogP contribution in [0.1, 0.15) is 11.8 Å². The molecule has 0 unspecified atom stereocenters. The average molecular weight is 372 g/mol. The molecule has 3 aromatic rings. The van der Waals surface area contributed by atoms with Gasteiger partial charge in [0.15, 0.2) is 23.2 Å². The van der Waals surface area contributed by atoms with E-state index in [1.165, 1.54) is 10.9 Å². The van der Waals surface area contributed by atoms with Crippen LogP contribution in [0.25, 0.3) is 11.2 Å². The molecule has 4 rings (SSSR count). The Labute approximate surface area is 154 Å². The number of benzene rings is 1. The molecular weight excluding hydrogens is 352 g/mol. The predicted octanol–water partition coefficient (Wildman–Crippen LogP) is 0.0720. The molecule has 10 heteroatoms. The van der Waals surface area contributed by atoms with Crippen LogP contribution in [-0.4, -0.2) is 59.8 Å². The van der Waals surface area contributed by atoms with Crippen molar-refractivity contribution in [2.75, 3.05) is 17.7 Å². The quantitative estimate of drug-likeness (QED) is 0.428. The van der Waals surface area contributed by atoms with Crippen molar-refractivity contribution in [3.8, 4) is 0 Å². The van der Waals surface area contributed by atoms with Crippen LogP contribution >= 0.6 is 0 Å². The molecule has 0 aliphatic carbocycles. The highest BCUT2D eigenvalue weighted by atomic mass is 16.6. The molecule has 4 atom stereocenters. The topological polar surface area (TPSA) is 152 Å². The zero-order valence-electron chi connectivity index (χ0n) is 14.5. The van der Waals surface area contributed by atoms with E-state index in [0.29, 0.717) is 17.1 Å². The molecule has 142 valence electrons. The summed E-state index contributed by atoms with van der Waals surface area (Å²) in [6, 6.07) is 7.65. The predicted molar refractivity (Wildman–Crippen MR) is 97.2 cm³/mol. The standard InChI is InChI=1S/C17H20N6O4/c1-8-3-2-4-9(5-8)21-17-22-11-14(18)19-7-20-15(11)23(17)16-13(26)12(25)10(6-24)27-16/h2-5,7,10,12-13,16,24-26H,6H2,1H3,(H,21,22)(H2,18,19,20)/t10-,12-,13-,16-/m1/s1. The van der Waals surface area contributed by atoms with E-state index in [1.807, 2.05) is 31.2 Å². The molecule has 3 heterocycles. The van der Waals surface area contributed by atoms with Gasteiger partial charge >= 0.3 is 0 Å². The molecule has 1 aliphatic heterocycles. The lowest BCUT2D eigenvalue weighted by Gasteiger charge is -2.19. The fourth-order valence-corrected chi connectivity index (χ4v) is 3.20. The molecule has 1 saturated heterocycles. The van der Waals surface area contributed by atoms with Crippen molar-refractivity contribution in [3.05, 3.63) is 36.2 Å². The first kappa shape index (κ1) is 17.6. The number of ether oxygens (including phenoxy) is 1. The van der Waals surface area contributed by atoms with Gasteiger partial charge in [0, 0.05) is 5.69 Å². The van der Waals surface area contributed by atoms with Gasteiger partial charge in [-0.2, -0.15) is 0 Å². The Morgan fingerprint density at radius 2 is 2.07 bits per heavy atom. The first-order chi connectivity index (χ1) is 13.0. The number of hydrogen-bond acceptors (Lipinski definition) is 9. The molecule has 0 bridgehead atoms. The van der Waals surface area contributed by atoms with E-state index in [1.54, 1.807) is 0 Å². The van der Waals surface area contributed by atoms with Crippen LogP contribution < -0.4 is 11.1 Å². The van der Waals surface area contributed by atoms with Crippen LogP contribution in [0.15, 0.2) is 30.6 Å². The number of nitrogens with two attached hydrogens (primary N) is 1. The minimum atomic E-state index is -1.28. The second-order valence-electron chi connectivity index (χ2n) is 6.46. The number of aryl methyl sites for hydroxylation is 1. The largest absolute Gasteiger partial charge is 0.394 e. The van der Waals surface area contributed by atoms with Crippen molar-refractivity contribution < 1.29 is 20.1 Å². The number of rotatable bonds is 4. The van der Waals surface area contributed by atoms with Crippen LogP contribution in [-0.2, 0) is 4.74 Å². The third-order valence-corrected chi connectivity index (χ3v) is 4.55. The zero-order valence-corrected chi connectivity index (χ0v) is 14.5. The maximum Gasteiger partial charge on any atom is 0.212 e. The van der Waals surface area contributed by atoms with Gasteiger partial charge in [0.2, 0.25) is 5.95 Å². The highest BCUT2D eigenvalue weighted by Gasteiger charge is 2.45. The van der Waals surface area contributed by atoms with Crippen molar-refractivity contribution in [2.24, 2.45) is 0 Å². The average Bonchev–Trinajstić information content (AvgIpc) is 3.14. The number of fused-ring (bicyclic) bond motifs is 1. The van der Waals surface area contributed by atoms with Crippen LogP contribution in [0.3, 0.4) is 0 Å². The number of hydrogen-bond donors (Lipinski definition) is 5. The molecular formula is C17H20N6O4. The smallest absolute Gasteiger partial charge is 0.212 e. The summed E-state index contributed by atoms with van der Waals surface area (Å²) < 4.78 is 7.17. The molecule has 10 nitrogen and oxygen atoms in total. The van der Waals surface area contributed by atoms with E-state index in [2.05, 4.69) is 20.3 Å². The highest BCUT2D eigenvalue weighted by molar-refractivity contribution is 5.84. The maximum absolute atomic E-state index is 10.5. The van der Waals surface area contributed by atoms with Gasteiger partial charge in [-0.05, 0) is 24.6 Å². The summed E-state index contributed by atoms with van der Waals surface area (Å²) >= 11 is 0. The summed E-state index contributed by atoms with van der Waals surface area (Å²) in [7, 11) is 0. The first-order valence-electron chi connectivity index (χ1n) is 8.44. The number of aliphatic hydroxyl groups excluding tert-OH is 3. The molecule has 0 amide bonds. The fraction of sp³-hybridized carbons (Fsp3) is 0.353. The molecule has 27 heavy (non-hydrogen) atoms. The summed E-state index contributed by atoms with van der Waals surface area (Å²) in [5, 5.41) is 33.1. The summed E-state index contributed by atoms with van der Waals surface area (Å²) in [5.41, 5.74) is 8.42. The van der Waals surface area contributed by atoms with Gasteiger partial charge in [0.05, 0.1) is 6.61 Å². The number of aliphatic hydroxyl groups is 3. The number of anilines is 3. The zero-order chi connectivity index (χ0) is 19.1. The van der Waals surface area contributed by atoms with E-state index in [4.69, 9.17) is 10.5 Å². The van der Waals surface area contributed by atoms with Gasteiger partial charge in [-0.15, -0.1) is 0 Å². The Bertz CT molecular complexity index is 977. The highest BCUT2D eigenvalue weighted by Crippen LogP contribution is 2.35. The molecule has 0 saturated carbocycles. The maximum atomic E-state index is 10.5. The molecule has 0 spiro atoms. The monoisotopic (exact) mass is 372 g/mol. The molecule has 1 fully saturated rings. The Morgan fingerprint density at radius 3 is 2.78 bits per heavy atom. The van der Waals surface area contributed by atoms with Crippen molar-refractivity contribution >= 4 is 28.6 Å². The van der Waals surface area contributed by atoms with Crippen molar-refractivity contribution in [2.45, 2.75) is 31.5 Å². The third-order valence-electron chi connectivity index (χ3n) is 4.55. The van der Waals surface area contributed by atoms with E-state index in [9.17, 15) is 15.3 Å². The summed E-state index contributed by atoms with van der Waals surface area (Å²) in [5.74, 6) is 0.496.